The summed E-state index contributed by atoms with van der Waals surface area (Å²) < 4.78 is 27.6. The van der Waals surface area contributed by atoms with Gasteiger partial charge in [0.05, 0.1) is 6.54 Å². The Morgan fingerprint density at radius 3 is 2.79 bits per heavy atom. The third-order valence-electron chi connectivity index (χ3n) is 2.59. The van der Waals surface area contributed by atoms with E-state index in [1.54, 1.807) is 19.4 Å². The molecule has 1 aromatic rings. The van der Waals surface area contributed by atoms with E-state index in [1.807, 2.05) is 0 Å². The monoisotopic (exact) mass is 289 g/mol. The summed E-state index contributed by atoms with van der Waals surface area (Å²) in [5.74, 6) is 0.596. The molecule has 7 nitrogen and oxygen atoms in total. The van der Waals surface area contributed by atoms with Crippen molar-refractivity contribution in [2.45, 2.75) is 32.9 Å². The van der Waals surface area contributed by atoms with E-state index in [0.717, 1.165) is 13.0 Å². The Bertz CT molecular complexity index is 444. The topological polar surface area (TPSA) is 90.1 Å². The second-order valence-electron chi connectivity index (χ2n) is 4.65. The molecule has 0 fully saturated rings. The second-order valence-corrected chi connectivity index (χ2v) is 6.51. The summed E-state index contributed by atoms with van der Waals surface area (Å²) in [6.45, 7) is 5.57. The Labute approximate surface area is 115 Å². The SMILES string of the molecule is CC(C)NCCCN(C)S(=O)(=O)NCc1ncc[nH]1. The quantitative estimate of drug-likeness (QED) is 0.561. The summed E-state index contributed by atoms with van der Waals surface area (Å²) in [5.41, 5.74) is 0. The first-order valence-corrected chi connectivity index (χ1v) is 7.78. The standard InChI is InChI=1S/C11H23N5O2S/c1-10(2)12-5-4-8-16(3)19(17,18)15-9-11-13-6-7-14-11/h6-7,10,12,15H,4-5,8-9H2,1-3H3,(H,13,14). The van der Waals surface area contributed by atoms with E-state index < -0.39 is 10.2 Å². The largest absolute Gasteiger partial charge is 0.347 e. The van der Waals surface area contributed by atoms with Crippen molar-refractivity contribution in [1.82, 2.24) is 24.3 Å². The van der Waals surface area contributed by atoms with Crippen molar-refractivity contribution < 1.29 is 8.42 Å². The minimum absolute atomic E-state index is 0.171. The Balaban J connectivity index is 2.30. The summed E-state index contributed by atoms with van der Waals surface area (Å²) in [5, 5.41) is 3.25. The molecule has 8 heteroatoms. The minimum Gasteiger partial charge on any atom is -0.347 e. The maximum absolute atomic E-state index is 11.9. The molecule has 1 aromatic heterocycles. The molecule has 110 valence electrons. The van der Waals surface area contributed by atoms with Gasteiger partial charge in [0.15, 0.2) is 0 Å². The first-order valence-electron chi connectivity index (χ1n) is 6.34. The van der Waals surface area contributed by atoms with Gasteiger partial charge in [-0.2, -0.15) is 17.4 Å². The molecule has 0 radical (unpaired) electrons. The number of aromatic nitrogens is 2. The van der Waals surface area contributed by atoms with E-state index in [0.29, 0.717) is 18.4 Å². The lowest BCUT2D eigenvalue weighted by Crippen LogP contribution is -2.39. The predicted octanol–water partition coefficient (Wildman–Crippen LogP) is 0.0640. The van der Waals surface area contributed by atoms with Gasteiger partial charge in [-0.15, -0.1) is 0 Å². The fourth-order valence-electron chi connectivity index (χ4n) is 1.48. The van der Waals surface area contributed by atoms with Crippen LogP contribution in [0.4, 0.5) is 0 Å². The van der Waals surface area contributed by atoms with Crippen molar-refractivity contribution in [3.8, 4) is 0 Å². The zero-order valence-corrected chi connectivity index (χ0v) is 12.5. The fourth-order valence-corrected chi connectivity index (χ4v) is 2.39. The number of nitrogens with zero attached hydrogens (tertiary/aromatic N) is 2. The zero-order chi connectivity index (χ0) is 14.3. The van der Waals surface area contributed by atoms with Crippen molar-refractivity contribution in [1.29, 1.82) is 0 Å². The number of rotatable bonds is 9. The molecule has 19 heavy (non-hydrogen) atoms. The molecule has 0 amide bonds. The van der Waals surface area contributed by atoms with E-state index in [2.05, 4.69) is 33.9 Å². The van der Waals surface area contributed by atoms with Crippen molar-refractivity contribution >= 4 is 10.2 Å². The first kappa shape index (κ1) is 16.1. The van der Waals surface area contributed by atoms with Crippen LogP contribution in [0, 0.1) is 0 Å². The molecule has 1 rings (SSSR count). The van der Waals surface area contributed by atoms with Crippen LogP contribution in [-0.4, -0.2) is 48.9 Å². The third kappa shape index (κ3) is 6.15. The summed E-state index contributed by atoms with van der Waals surface area (Å²) in [4.78, 5) is 6.81. The van der Waals surface area contributed by atoms with Crippen LogP contribution in [0.15, 0.2) is 12.4 Å². The Morgan fingerprint density at radius 2 is 2.21 bits per heavy atom. The van der Waals surface area contributed by atoms with Crippen molar-refractivity contribution in [3.05, 3.63) is 18.2 Å². The van der Waals surface area contributed by atoms with Crippen LogP contribution in [0.3, 0.4) is 0 Å². The van der Waals surface area contributed by atoms with Gasteiger partial charge in [0.2, 0.25) is 0 Å². The van der Waals surface area contributed by atoms with Gasteiger partial charge in [0, 0.05) is 32.0 Å². The molecule has 0 aliphatic heterocycles. The number of nitrogens with one attached hydrogen (secondary N) is 3. The lowest BCUT2D eigenvalue weighted by molar-refractivity contribution is 0.438. The lowest BCUT2D eigenvalue weighted by atomic mass is 10.3. The zero-order valence-electron chi connectivity index (χ0n) is 11.7. The van der Waals surface area contributed by atoms with Crippen LogP contribution >= 0.6 is 0 Å². The van der Waals surface area contributed by atoms with Crippen molar-refractivity contribution in [2.24, 2.45) is 0 Å². The number of hydrogen-bond acceptors (Lipinski definition) is 4. The van der Waals surface area contributed by atoms with Crippen LogP contribution in [-0.2, 0) is 16.8 Å². The van der Waals surface area contributed by atoms with Crippen LogP contribution in [0.5, 0.6) is 0 Å². The molecule has 0 spiro atoms. The Morgan fingerprint density at radius 1 is 1.47 bits per heavy atom. The molecule has 0 aliphatic rings. The van der Waals surface area contributed by atoms with Crippen LogP contribution in [0.25, 0.3) is 0 Å². The molecule has 1 heterocycles. The van der Waals surface area contributed by atoms with Gasteiger partial charge in [-0.05, 0) is 13.0 Å². The van der Waals surface area contributed by atoms with Gasteiger partial charge >= 0.3 is 0 Å². The summed E-state index contributed by atoms with van der Waals surface area (Å²) >= 11 is 0. The maximum Gasteiger partial charge on any atom is 0.279 e. The number of H-pyrrole nitrogens is 1. The lowest BCUT2D eigenvalue weighted by Gasteiger charge is -2.17. The summed E-state index contributed by atoms with van der Waals surface area (Å²) in [6, 6.07) is 0.416. The average molecular weight is 289 g/mol. The van der Waals surface area contributed by atoms with Crippen LogP contribution in [0.2, 0.25) is 0 Å². The molecular weight excluding hydrogens is 266 g/mol. The normalized spacial score (nSPS) is 12.5. The van der Waals surface area contributed by atoms with Crippen LogP contribution < -0.4 is 10.0 Å². The highest BCUT2D eigenvalue weighted by molar-refractivity contribution is 7.87. The molecule has 0 saturated carbocycles. The molecule has 0 atom stereocenters. The number of hydrogen-bond donors (Lipinski definition) is 3. The highest BCUT2D eigenvalue weighted by atomic mass is 32.2. The van der Waals surface area contributed by atoms with Gasteiger partial charge in [-0.1, -0.05) is 13.8 Å². The highest BCUT2D eigenvalue weighted by Crippen LogP contribution is 1.97. The third-order valence-corrected chi connectivity index (χ3v) is 4.10. The van der Waals surface area contributed by atoms with Crippen molar-refractivity contribution in [3.63, 3.8) is 0 Å². The van der Waals surface area contributed by atoms with E-state index >= 15 is 0 Å². The van der Waals surface area contributed by atoms with E-state index in [4.69, 9.17) is 0 Å². The van der Waals surface area contributed by atoms with Crippen LogP contribution in [0.1, 0.15) is 26.1 Å². The maximum atomic E-state index is 11.9. The van der Waals surface area contributed by atoms with Gasteiger partial charge in [-0.25, -0.2) is 4.98 Å². The second kappa shape index (κ2) is 7.59. The number of imidazole rings is 1. The molecule has 0 aromatic carbocycles. The molecule has 0 bridgehead atoms. The predicted molar refractivity (Wildman–Crippen MR) is 74.7 cm³/mol. The molecule has 0 saturated heterocycles. The van der Waals surface area contributed by atoms with E-state index in [1.165, 1.54) is 4.31 Å². The van der Waals surface area contributed by atoms with Gasteiger partial charge in [0.25, 0.3) is 10.2 Å². The molecule has 0 aliphatic carbocycles. The fraction of sp³-hybridized carbons (Fsp3) is 0.727. The first-order chi connectivity index (χ1) is 8.92. The Kier molecular flexibility index (Phi) is 6.43. The Hall–Kier alpha value is -0.960. The van der Waals surface area contributed by atoms with E-state index in [9.17, 15) is 8.42 Å². The summed E-state index contributed by atoms with van der Waals surface area (Å²) in [7, 11) is -1.87. The molecule has 3 N–H and O–H groups in total. The summed E-state index contributed by atoms with van der Waals surface area (Å²) in [6.07, 6.45) is 4.02. The molecule has 0 unspecified atom stereocenters. The number of aromatic amines is 1. The van der Waals surface area contributed by atoms with Crippen molar-refractivity contribution in [2.75, 3.05) is 20.1 Å². The molecular formula is C11H23N5O2S. The van der Waals surface area contributed by atoms with E-state index in [-0.39, 0.29) is 6.54 Å². The average Bonchev–Trinajstić information content (AvgIpc) is 2.84. The highest BCUT2D eigenvalue weighted by Gasteiger charge is 2.16. The van der Waals surface area contributed by atoms with Gasteiger partial charge in [-0.3, -0.25) is 0 Å². The van der Waals surface area contributed by atoms with Gasteiger partial charge < -0.3 is 10.3 Å². The smallest absolute Gasteiger partial charge is 0.279 e. The minimum atomic E-state index is -3.44. The van der Waals surface area contributed by atoms with Gasteiger partial charge in [0.1, 0.15) is 5.82 Å².